The molecule has 4 atom stereocenters. The largest absolute Gasteiger partial charge is 0.387 e. The van der Waals surface area contributed by atoms with Crippen molar-refractivity contribution in [3.05, 3.63) is 33.1 Å². The summed E-state index contributed by atoms with van der Waals surface area (Å²) in [6.45, 7) is -0.213. The molecule has 2 heterocycles. The molecular weight excluding hydrogens is 287 g/mol. The molecule has 0 spiro atoms. The van der Waals surface area contributed by atoms with Crippen LogP contribution in [0.3, 0.4) is 0 Å². The lowest BCUT2D eigenvalue weighted by molar-refractivity contribution is -0.145. The first-order valence-electron chi connectivity index (χ1n) is 6.23. The number of aliphatic hydroxyl groups is 2. The Morgan fingerprint density at radius 2 is 2.24 bits per heavy atom. The molecule has 1 aromatic heterocycles. The number of ether oxygens (including phenoxy) is 2. The van der Waals surface area contributed by atoms with Crippen LogP contribution in [-0.4, -0.2) is 57.5 Å². The van der Waals surface area contributed by atoms with Gasteiger partial charge in [0.15, 0.2) is 11.8 Å². The Hall–Kier alpha value is -1.55. The number of aliphatic hydroxyl groups excluding tert-OH is 1. The Labute approximate surface area is 118 Å². The van der Waals surface area contributed by atoms with Crippen molar-refractivity contribution in [2.24, 2.45) is 0 Å². The topological polar surface area (TPSA) is 114 Å². The molecular formula is C12H17FN2O6. The van der Waals surface area contributed by atoms with Crippen LogP contribution in [0.4, 0.5) is 4.39 Å². The first kappa shape index (κ1) is 15.8. The monoisotopic (exact) mass is 304 g/mol. The lowest BCUT2D eigenvalue weighted by atomic mass is 9.88. The number of aromatic nitrogens is 2. The van der Waals surface area contributed by atoms with E-state index in [1.54, 1.807) is 0 Å². The Balaban J connectivity index is 2.50. The second-order valence-corrected chi connectivity index (χ2v) is 5.25. The van der Waals surface area contributed by atoms with E-state index in [0.717, 1.165) is 16.8 Å². The van der Waals surface area contributed by atoms with Gasteiger partial charge in [0.05, 0.1) is 6.61 Å². The average molecular weight is 304 g/mol. The maximum atomic E-state index is 13.4. The van der Waals surface area contributed by atoms with E-state index in [1.807, 2.05) is 4.98 Å². The van der Waals surface area contributed by atoms with E-state index >= 15 is 0 Å². The Morgan fingerprint density at radius 1 is 1.57 bits per heavy atom. The van der Waals surface area contributed by atoms with Gasteiger partial charge in [-0.2, -0.15) is 0 Å². The highest BCUT2D eigenvalue weighted by Gasteiger charge is 2.62. The molecule has 0 aliphatic carbocycles. The summed E-state index contributed by atoms with van der Waals surface area (Å²) >= 11 is 0. The lowest BCUT2D eigenvalue weighted by Crippen LogP contribution is -2.53. The summed E-state index contributed by atoms with van der Waals surface area (Å²) in [7, 11) is 1.29. The van der Waals surface area contributed by atoms with Gasteiger partial charge in [-0.25, -0.2) is 9.18 Å². The number of nitrogens with zero attached hydrogens (tertiary/aromatic N) is 1. The number of halogens is 1. The van der Waals surface area contributed by atoms with E-state index in [-0.39, 0.29) is 6.61 Å². The number of alkyl halides is 1. The molecule has 0 bridgehead atoms. The van der Waals surface area contributed by atoms with Crippen molar-refractivity contribution >= 4 is 0 Å². The van der Waals surface area contributed by atoms with E-state index in [1.165, 1.54) is 14.0 Å². The number of aromatic amines is 1. The van der Waals surface area contributed by atoms with E-state index in [9.17, 15) is 24.2 Å². The SMILES string of the molecule is COC[C@@]1(CF)O[C@@H](n2ccc(=O)[nH]c2=O)[C@](C)(O)[C@@H]1O. The van der Waals surface area contributed by atoms with Crippen molar-refractivity contribution in [2.45, 2.75) is 30.5 Å². The number of rotatable bonds is 4. The van der Waals surface area contributed by atoms with Crippen LogP contribution in [0, 0.1) is 0 Å². The summed E-state index contributed by atoms with van der Waals surface area (Å²) in [5.41, 5.74) is -5.21. The maximum Gasteiger partial charge on any atom is 0.330 e. The molecule has 9 heteroatoms. The maximum absolute atomic E-state index is 13.4. The van der Waals surface area contributed by atoms with Crippen LogP contribution in [0.5, 0.6) is 0 Å². The highest BCUT2D eigenvalue weighted by atomic mass is 19.1. The second-order valence-electron chi connectivity index (χ2n) is 5.25. The molecule has 21 heavy (non-hydrogen) atoms. The number of hydrogen-bond donors (Lipinski definition) is 3. The molecule has 2 rings (SSSR count). The first-order chi connectivity index (χ1) is 9.78. The Morgan fingerprint density at radius 3 is 2.76 bits per heavy atom. The van der Waals surface area contributed by atoms with E-state index in [0.29, 0.717) is 0 Å². The molecule has 0 unspecified atom stereocenters. The number of methoxy groups -OCH3 is 1. The van der Waals surface area contributed by atoms with Crippen molar-refractivity contribution in [1.82, 2.24) is 9.55 Å². The molecule has 1 fully saturated rings. The fourth-order valence-electron chi connectivity index (χ4n) is 2.52. The zero-order valence-corrected chi connectivity index (χ0v) is 11.6. The van der Waals surface area contributed by atoms with E-state index in [4.69, 9.17) is 9.47 Å². The quantitative estimate of drug-likeness (QED) is 0.626. The van der Waals surface area contributed by atoms with Crippen LogP contribution < -0.4 is 11.2 Å². The van der Waals surface area contributed by atoms with Crippen LogP contribution >= 0.6 is 0 Å². The normalized spacial score (nSPS) is 36.0. The first-order valence-corrected chi connectivity index (χ1v) is 6.23. The summed E-state index contributed by atoms with van der Waals surface area (Å²) in [5, 5.41) is 20.6. The molecule has 0 saturated carbocycles. The highest BCUT2D eigenvalue weighted by molar-refractivity contribution is 5.08. The third-order valence-corrected chi connectivity index (χ3v) is 3.62. The lowest BCUT2D eigenvalue weighted by Gasteiger charge is -2.30. The number of nitrogens with one attached hydrogen (secondary N) is 1. The Kier molecular flexibility index (Phi) is 4.02. The van der Waals surface area contributed by atoms with Crippen LogP contribution in [0.15, 0.2) is 21.9 Å². The smallest absolute Gasteiger partial charge is 0.330 e. The summed E-state index contributed by atoms with van der Waals surface area (Å²) in [6, 6.07) is 1.05. The van der Waals surface area contributed by atoms with Crippen LogP contribution in [0.2, 0.25) is 0 Å². The minimum Gasteiger partial charge on any atom is -0.387 e. The van der Waals surface area contributed by atoms with E-state index < -0.39 is 41.5 Å². The molecule has 0 radical (unpaired) electrons. The fourth-order valence-corrected chi connectivity index (χ4v) is 2.52. The molecule has 3 N–H and O–H groups in total. The number of hydrogen-bond acceptors (Lipinski definition) is 6. The standard InChI is InChI=1S/C12H17FN2O6/c1-11(19)8(17)12(5-13,6-20-2)21-9(11)15-4-3-7(16)14-10(15)18/h3-4,8-9,17,19H,5-6H2,1-2H3,(H,14,16,18)/t8-,9+,11+,12+/m0/s1. The van der Waals surface area contributed by atoms with Gasteiger partial charge in [0.25, 0.3) is 5.56 Å². The fraction of sp³-hybridized carbons (Fsp3) is 0.667. The van der Waals surface area contributed by atoms with Gasteiger partial charge in [0.1, 0.15) is 18.4 Å². The molecule has 8 nitrogen and oxygen atoms in total. The Bertz CT molecular complexity index is 627. The summed E-state index contributed by atoms with van der Waals surface area (Å²) in [6.07, 6.45) is -1.89. The van der Waals surface area contributed by atoms with Crippen molar-refractivity contribution < 1.29 is 24.1 Å². The molecule has 1 saturated heterocycles. The molecule has 1 aliphatic rings. The van der Waals surface area contributed by atoms with E-state index in [2.05, 4.69) is 0 Å². The second kappa shape index (κ2) is 5.34. The molecule has 0 aromatic carbocycles. The highest BCUT2D eigenvalue weighted by Crippen LogP contribution is 2.44. The van der Waals surface area contributed by atoms with Crippen LogP contribution in [0.1, 0.15) is 13.2 Å². The van der Waals surface area contributed by atoms with Crippen molar-refractivity contribution in [1.29, 1.82) is 0 Å². The van der Waals surface area contributed by atoms with Gasteiger partial charge in [-0.3, -0.25) is 14.3 Å². The predicted molar refractivity (Wildman–Crippen MR) is 68.7 cm³/mol. The van der Waals surface area contributed by atoms with Crippen molar-refractivity contribution in [2.75, 3.05) is 20.4 Å². The summed E-state index contributed by atoms with van der Waals surface area (Å²) in [5.74, 6) is 0. The summed E-state index contributed by atoms with van der Waals surface area (Å²) in [4.78, 5) is 24.9. The van der Waals surface area contributed by atoms with Crippen molar-refractivity contribution in [3.63, 3.8) is 0 Å². The summed E-state index contributed by atoms with van der Waals surface area (Å²) < 4.78 is 24.5. The van der Waals surface area contributed by atoms with Gasteiger partial charge >= 0.3 is 5.69 Å². The van der Waals surface area contributed by atoms with Gasteiger partial charge < -0.3 is 19.7 Å². The zero-order chi connectivity index (χ0) is 15.8. The zero-order valence-electron chi connectivity index (χ0n) is 11.6. The minimum absolute atomic E-state index is 0.310. The van der Waals surface area contributed by atoms with Gasteiger partial charge in [0.2, 0.25) is 0 Å². The minimum atomic E-state index is -1.95. The average Bonchev–Trinajstić information content (AvgIpc) is 2.61. The van der Waals surface area contributed by atoms with Gasteiger partial charge in [0, 0.05) is 19.4 Å². The van der Waals surface area contributed by atoms with Gasteiger partial charge in [-0.15, -0.1) is 0 Å². The third kappa shape index (κ3) is 2.42. The van der Waals surface area contributed by atoms with Gasteiger partial charge in [-0.05, 0) is 6.92 Å². The number of H-pyrrole nitrogens is 1. The molecule has 1 aliphatic heterocycles. The van der Waals surface area contributed by atoms with Crippen LogP contribution in [-0.2, 0) is 9.47 Å². The van der Waals surface area contributed by atoms with Crippen molar-refractivity contribution in [3.8, 4) is 0 Å². The van der Waals surface area contributed by atoms with Crippen LogP contribution in [0.25, 0.3) is 0 Å². The van der Waals surface area contributed by atoms with Gasteiger partial charge in [-0.1, -0.05) is 0 Å². The molecule has 0 amide bonds. The molecule has 118 valence electrons. The third-order valence-electron chi connectivity index (χ3n) is 3.62. The molecule has 1 aromatic rings. The predicted octanol–water partition coefficient (Wildman–Crippen LogP) is -1.47.